The van der Waals surface area contributed by atoms with Crippen LogP contribution >= 0.6 is 7.75 Å². The molecule has 0 aliphatic carbocycles. The molecule has 1 fully saturated rings. The molecular formula is C27H37FN5O8P. The molecule has 6 atom stereocenters. The number of anilines is 1. The molecule has 0 unspecified atom stereocenters. The summed E-state index contributed by atoms with van der Waals surface area (Å²) in [7, 11) is -4.43. The smallest absolute Gasteiger partial charge is 0.459 e. The molecule has 3 aromatic rings. The van der Waals surface area contributed by atoms with E-state index in [9.17, 15) is 24.0 Å². The van der Waals surface area contributed by atoms with Crippen LogP contribution in [0.25, 0.3) is 5.52 Å². The summed E-state index contributed by atoms with van der Waals surface area (Å²) in [5.74, 6) is -0.395. The van der Waals surface area contributed by atoms with E-state index in [1.54, 1.807) is 30.3 Å². The van der Waals surface area contributed by atoms with Crippen molar-refractivity contribution in [2.24, 2.45) is 5.41 Å². The third kappa shape index (κ3) is 7.08. The number of ether oxygens (including phenoxy) is 2. The molecular weight excluding hydrogens is 572 g/mol. The van der Waals surface area contributed by atoms with Gasteiger partial charge in [0.15, 0.2) is 5.82 Å². The summed E-state index contributed by atoms with van der Waals surface area (Å²) in [5.41, 5.74) is 4.36. The largest absolute Gasteiger partial charge is 0.465 e. The van der Waals surface area contributed by atoms with Crippen LogP contribution in [0.4, 0.5) is 10.2 Å². The van der Waals surface area contributed by atoms with Crippen LogP contribution in [0.1, 0.15) is 45.9 Å². The van der Waals surface area contributed by atoms with Crippen LogP contribution in [-0.2, 0) is 23.4 Å². The number of rotatable bonds is 12. The molecule has 0 spiro atoms. The number of nitrogens with zero attached hydrogens (tertiary/aromatic N) is 3. The first-order chi connectivity index (χ1) is 19.8. The van der Waals surface area contributed by atoms with Gasteiger partial charge in [-0.1, -0.05) is 39.0 Å². The van der Waals surface area contributed by atoms with Crippen molar-refractivity contribution in [1.29, 1.82) is 0 Å². The third-order valence-electron chi connectivity index (χ3n) is 6.81. The summed E-state index contributed by atoms with van der Waals surface area (Å²) in [6.07, 6.45) is -2.86. The molecule has 230 valence electrons. The Kier molecular flexibility index (Phi) is 9.55. The zero-order valence-electron chi connectivity index (χ0n) is 23.8. The maximum absolute atomic E-state index is 14.6. The van der Waals surface area contributed by atoms with Crippen molar-refractivity contribution >= 4 is 25.1 Å². The summed E-state index contributed by atoms with van der Waals surface area (Å²) in [5, 5.41) is 28.5. The van der Waals surface area contributed by atoms with Crippen molar-refractivity contribution in [3.05, 3.63) is 54.5 Å². The Balaban J connectivity index is 1.54. The Labute approximate surface area is 242 Å². The van der Waals surface area contributed by atoms with Gasteiger partial charge in [-0.15, -0.1) is 0 Å². The number of alkyl halides is 1. The third-order valence-corrected chi connectivity index (χ3v) is 8.44. The first-order valence-corrected chi connectivity index (χ1v) is 14.9. The normalized spacial score (nSPS) is 24.8. The Morgan fingerprint density at radius 1 is 1.26 bits per heavy atom. The van der Waals surface area contributed by atoms with Gasteiger partial charge in [-0.25, -0.2) is 18.5 Å². The van der Waals surface area contributed by atoms with E-state index in [1.807, 2.05) is 20.8 Å². The molecule has 1 aromatic carbocycles. The number of nitrogen functional groups attached to an aromatic ring is 1. The molecule has 4 rings (SSSR count). The number of esters is 1. The lowest BCUT2D eigenvalue weighted by Gasteiger charge is -2.31. The molecule has 1 aliphatic rings. The van der Waals surface area contributed by atoms with Crippen LogP contribution in [0.3, 0.4) is 0 Å². The van der Waals surface area contributed by atoms with Gasteiger partial charge in [0, 0.05) is 0 Å². The number of hydrogen-bond acceptors (Lipinski definition) is 11. The van der Waals surface area contributed by atoms with Crippen molar-refractivity contribution in [1.82, 2.24) is 19.7 Å². The first kappa shape index (κ1) is 31.8. The second-order valence-electron chi connectivity index (χ2n) is 11.4. The van der Waals surface area contributed by atoms with Gasteiger partial charge in [-0.05, 0) is 43.0 Å². The van der Waals surface area contributed by atoms with Crippen molar-refractivity contribution in [2.75, 3.05) is 25.6 Å². The van der Waals surface area contributed by atoms with Crippen LogP contribution in [0.5, 0.6) is 5.75 Å². The van der Waals surface area contributed by atoms with E-state index < -0.39 is 57.0 Å². The number of halogens is 1. The van der Waals surface area contributed by atoms with E-state index in [-0.39, 0.29) is 29.3 Å². The number of para-hydroxylation sites is 1. The number of benzene rings is 1. The van der Waals surface area contributed by atoms with E-state index in [1.165, 1.54) is 29.9 Å². The predicted octanol–water partition coefficient (Wildman–Crippen LogP) is 2.97. The number of aliphatic hydroxyl groups excluding tert-OH is 2. The van der Waals surface area contributed by atoms with E-state index in [2.05, 4.69) is 15.2 Å². The van der Waals surface area contributed by atoms with E-state index in [0.717, 1.165) is 0 Å². The summed E-state index contributed by atoms with van der Waals surface area (Å²) >= 11 is 0. The molecule has 1 saturated heterocycles. The molecule has 1 aliphatic heterocycles. The Bertz CT molecular complexity index is 1420. The monoisotopic (exact) mass is 609 g/mol. The summed E-state index contributed by atoms with van der Waals surface area (Å²) in [6.45, 7) is 5.43. The maximum Gasteiger partial charge on any atom is 0.459 e. The lowest BCUT2D eigenvalue weighted by molar-refractivity contribution is -0.146. The Morgan fingerprint density at radius 3 is 2.64 bits per heavy atom. The average Bonchev–Trinajstić information content (AvgIpc) is 3.47. The number of carbonyl (C=O) groups is 1. The second kappa shape index (κ2) is 12.6. The lowest BCUT2D eigenvalue weighted by atomic mass is 9.93. The maximum atomic E-state index is 14.6. The molecule has 42 heavy (non-hydrogen) atoms. The fraction of sp³-hybridized carbons (Fsp3) is 0.519. The number of nitrogens with one attached hydrogen (secondary N) is 1. The minimum atomic E-state index is -4.43. The van der Waals surface area contributed by atoms with Crippen LogP contribution in [-0.4, -0.2) is 74.5 Å². The van der Waals surface area contributed by atoms with E-state index in [4.69, 9.17) is 24.3 Å². The van der Waals surface area contributed by atoms with Gasteiger partial charge in [-0.2, -0.15) is 10.2 Å². The minimum Gasteiger partial charge on any atom is -0.465 e. The van der Waals surface area contributed by atoms with Gasteiger partial charge in [-0.3, -0.25) is 9.32 Å². The molecule has 0 radical (unpaired) electrons. The van der Waals surface area contributed by atoms with Crippen LogP contribution < -0.4 is 15.3 Å². The number of aliphatic hydroxyl groups is 2. The molecule has 0 bridgehead atoms. The molecule has 3 heterocycles. The predicted molar refractivity (Wildman–Crippen MR) is 150 cm³/mol. The highest BCUT2D eigenvalue weighted by atomic mass is 31.2. The van der Waals surface area contributed by atoms with Gasteiger partial charge in [0.25, 0.3) is 0 Å². The van der Waals surface area contributed by atoms with E-state index in [0.29, 0.717) is 11.9 Å². The van der Waals surface area contributed by atoms with Crippen molar-refractivity contribution < 1.29 is 42.5 Å². The quantitative estimate of drug-likeness (QED) is 0.174. The van der Waals surface area contributed by atoms with Crippen molar-refractivity contribution in [3.63, 3.8) is 0 Å². The number of fused-ring (bicyclic) bond motifs is 1. The molecule has 2 aromatic heterocycles. The number of aromatic nitrogens is 3. The summed E-state index contributed by atoms with van der Waals surface area (Å²) < 4.78 is 52.4. The molecule has 13 nitrogen and oxygen atoms in total. The second-order valence-corrected chi connectivity index (χ2v) is 13.1. The summed E-state index contributed by atoms with van der Waals surface area (Å²) in [4.78, 5) is 16.6. The van der Waals surface area contributed by atoms with Gasteiger partial charge in [0.05, 0.1) is 18.9 Å². The molecule has 0 amide bonds. The average molecular weight is 610 g/mol. The highest BCUT2D eigenvalue weighted by Crippen LogP contribution is 2.48. The van der Waals surface area contributed by atoms with Crippen LogP contribution in [0, 0.1) is 5.41 Å². The van der Waals surface area contributed by atoms with Crippen LogP contribution in [0.15, 0.2) is 48.8 Å². The standard InChI is InChI=1S/C27H37FN5O8P/c1-17(25(36)38-13-12-26(2,3)4)32-42(37,41-18-8-6-5-7-9-18)39-15-27(14-28)23(35)21(34)22(40-27)19-10-11-20-24(29)30-16-31-33(19)20/h5-11,16-17,21-23,34-35H,12-15H2,1-4H3,(H,32,37)(H2,29,30,31)/t17-,21-,22-,23-,27+,42+/m0/s1. The van der Waals surface area contributed by atoms with Gasteiger partial charge in [0.1, 0.15) is 54.2 Å². The number of hydrogen-bond donors (Lipinski definition) is 4. The van der Waals surface area contributed by atoms with Crippen molar-refractivity contribution in [2.45, 2.75) is 64.1 Å². The zero-order valence-corrected chi connectivity index (χ0v) is 24.7. The molecule has 0 saturated carbocycles. The Morgan fingerprint density at radius 2 is 1.98 bits per heavy atom. The Hall–Kier alpha value is -3.13. The molecule has 15 heteroatoms. The highest BCUT2D eigenvalue weighted by Gasteiger charge is 2.57. The number of nitrogens with two attached hydrogens (primary N) is 1. The minimum absolute atomic E-state index is 0.0658. The fourth-order valence-electron chi connectivity index (χ4n) is 4.34. The van der Waals surface area contributed by atoms with Crippen LogP contribution in [0.2, 0.25) is 0 Å². The fourth-order valence-corrected chi connectivity index (χ4v) is 5.89. The van der Waals surface area contributed by atoms with Gasteiger partial charge >= 0.3 is 13.7 Å². The zero-order chi connectivity index (χ0) is 30.7. The van der Waals surface area contributed by atoms with E-state index >= 15 is 0 Å². The van der Waals surface area contributed by atoms with Crippen molar-refractivity contribution in [3.8, 4) is 5.75 Å². The topological polar surface area (TPSA) is 180 Å². The molecule has 5 N–H and O–H groups in total. The van der Waals surface area contributed by atoms with Gasteiger partial charge < -0.3 is 29.9 Å². The number of carbonyl (C=O) groups excluding carboxylic acids is 1. The SMILES string of the molecule is C[C@H](N[P@@](=O)(OC[C@@]1(CF)O[C@@H](c2ccc3c(N)ncnn23)[C@H](O)[C@@H]1O)Oc1ccccc1)C(=O)OCCC(C)(C)C. The highest BCUT2D eigenvalue weighted by molar-refractivity contribution is 7.52. The lowest BCUT2D eigenvalue weighted by Crippen LogP contribution is -2.49. The summed E-state index contributed by atoms with van der Waals surface area (Å²) in [6, 6.07) is 10.0. The van der Waals surface area contributed by atoms with Gasteiger partial charge in [0.2, 0.25) is 0 Å². The first-order valence-electron chi connectivity index (χ1n) is 13.4.